The van der Waals surface area contributed by atoms with Gasteiger partial charge in [-0.1, -0.05) is 6.07 Å². The zero-order valence-electron chi connectivity index (χ0n) is 16.9. The molecule has 6 rings (SSSR count). The molecule has 5 heterocycles. The van der Waals surface area contributed by atoms with Gasteiger partial charge in [-0.15, -0.1) is 0 Å². The summed E-state index contributed by atoms with van der Waals surface area (Å²) >= 11 is 0. The number of hydrogen-bond donors (Lipinski definition) is 2. The van der Waals surface area contributed by atoms with Gasteiger partial charge in [-0.2, -0.15) is 10.2 Å². The highest BCUT2D eigenvalue weighted by Crippen LogP contribution is 2.35. The lowest BCUT2D eigenvalue weighted by atomic mass is 10.1. The molecule has 1 fully saturated rings. The molecular weight excluding hydrogens is 374 g/mol. The zero-order valence-corrected chi connectivity index (χ0v) is 16.9. The zero-order chi connectivity index (χ0) is 20.1. The smallest absolute Gasteiger partial charge is 0.116 e. The molecular formula is C23H23N7. The summed E-state index contributed by atoms with van der Waals surface area (Å²) in [5, 5.41) is 14.3. The molecule has 0 radical (unpaired) electrons. The first-order chi connectivity index (χ1) is 14.8. The second-order valence-corrected chi connectivity index (χ2v) is 8.06. The first kappa shape index (κ1) is 17.3. The Hall–Kier alpha value is -3.61. The third kappa shape index (κ3) is 2.77. The summed E-state index contributed by atoms with van der Waals surface area (Å²) in [5.41, 5.74) is 7.20. The van der Waals surface area contributed by atoms with Crippen LogP contribution < -0.4 is 4.90 Å². The van der Waals surface area contributed by atoms with E-state index in [9.17, 15) is 0 Å². The lowest BCUT2D eigenvalue weighted by Crippen LogP contribution is -2.29. The number of nitrogens with zero attached hydrogens (tertiary/aromatic N) is 5. The van der Waals surface area contributed by atoms with Gasteiger partial charge in [0.25, 0.3) is 0 Å². The molecule has 2 N–H and O–H groups in total. The molecule has 5 aromatic rings. The Morgan fingerprint density at radius 2 is 1.87 bits per heavy atom. The number of hydrogen-bond acceptors (Lipinski definition) is 4. The van der Waals surface area contributed by atoms with Crippen LogP contribution in [0.1, 0.15) is 19.3 Å². The van der Waals surface area contributed by atoms with Crippen molar-refractivity contribution in [2.75, 3.05) is 18.0 Å². The van der Waals surface area contributed by atoms with Crippen molar-refractivity contribution in [3.05, 3.63) is 48.9 Å². The van der Waals surface area contributed by atoms with Gasteiger partial charge in [-0.25, -0.2) is 0 Å². The van der Waals surface area contributed by atoms with Crippen molar-refractivity contribution < 1.29 is 0 Å². The lowest BCUT2D eigenvalue weighted by Gasteiger charge is -2.29. The van der Waals surface area contributed by atoms with Crippen LogP contribution in [0.5, 0.6) is 0 Å². The number of anilines is 1. The minimum atomic E-state index is 0.892. The number of H-pyrrole nitrogens is 2. The van der Waals surface area contributed by atoms with Crippen LogP contribution in [-0.2, 0) is 7.05 Å². The van der Waals surface area contributed by atoms with Gasteiger partial charge in [0.2, 0.25) is 0 Å². The van der Waals surface area contributed by atoms with E-state index in [0.29, 0.717) is 0 Å². The van der Waals surface area contributed by atoms with Gasteiger partial charge in [0.15, 0.2) is 0 Å². The molecule has 1 aliphatic heterocycles. The molecule has 0 aliphatic carbocycles. The molecule has 7 nitrogen and oxygen atoms in total. The monoisotopic (exact) mass is 397 g/mol. The number of aromatic amines is 2. The number of benzene rings is 1. The molecule has 4 aromatic heterocycles. The van der Waals surface area contributed by atoms with Gasteiger partial charge >= 0.3 is 0 Å². The van der Waals surface area contributed by atoms with Crippen molar-refractivity contribution in [1.82, 2.24) is 29.9 Å². The molecule has 0 amide bonds. The fraction of sp³-hybridized carbons (Fsp3) is 0.261. The highest BCUT2D eigenvalue weighted by molar-refractivity contribution is 6.00. The van der Waals surface area contributed by atoms with Crippen LogP contribution in [-0.4, -0.2) is 43.0 Å². The van der Waals surface area contributed by atoms with E-state index < -0.39 is 0 Å². The third-order valence-corrected chi connectivity index (χ3v) is 6.04. The Balaban J connectivity index is 1.47. The van der Waals surface area contributed by atoms with Crippen LogP contribution in [0.4, 0.5) is 5.69 Å². The van der Waals surface area contributed by atoms with Crippen molar-refractivity contribution in [2.45, 2.75) is 19.3 Å². The van der Waals surface area contributed by atoms with Crippen LogP contribution in [0.2, 0.25) is 0 Å². The number of piperidine rings is 1. The van der Waals surface area contributed by atoms with Crippen molar-refractivity contribution in [3.8, 4) is 22.6 Å². The molecule has 1 aliphatic rings. The second kappa shape index (κ2) is 6.73. The van der Waals surface area contributed by atoms with Gasteiger partial charge in [0.1, 0.15) is 5.69 Å². The van der Waals surface area contributed by atoms with Crippen molar-refractivity contribution in [3.63, 3.8) is 0 Å². The standard InChI is InChI=1S/C23H23N7/c1-29-14-15(12-25-29)19-11-17-21(13-24-19)27-28-23(17)20-10-16-18(26-20)6-5-7-22(16)30-8-3-2-4-9-30/h5-7,10-14,26H,2-4,8-9H2,1H3,(H,27,28). The number of fused-ring (bicyclic) bond motifs is 2. The summed E-state index contributed by atoms with van der Waals surface area (Å²) in [4.78, 5) is 10.7. The van der Waals surface area contributed by atoms with Crippen LogP contribution >= 0.6 is 0 Å². The molecule has 150 valence electrons. The van der Waals surface area contributed by atoms with Crippen molar-refractivity contribution in [2.24, 2.45) is 7.05 Å². The number of rotatable bonds is 3. The molecule has 30 heavy (non-hydrogen) atoms. The average molecular weight is 397 g/mol. The molecule has 0 atom stereocenters. The Bertz CT molecular complexity index is 1350. The molecule has 0 bridgehead atoms. The molecule has 0 unspecified atom stereocenters. The molecule has 1 saturated heterocycles. The van der Waals surface area contributed by atoms with Crippen LogP contribution in [0.25, 0.3) is 44.5 Å². The van der Waals surface area contributed by atoms with Gasteiger partial charge in [-0.05, 0) is 43.5 Å². The van der Waals surface area contributed by atoms with E-state index in [1.807, 2.05) is 25.6 Å². The maximum absolute atomic E-state index is 4.61. The molecule has 1 aromatic carbocycles. The highest BCUT2D eigenvalue weighted by Gasteiger charge is 2.17. The Kier molecular flexibility index (Phi) is 3.87. The lowest BCUT2D eigenvalue weighted by molar-refractivity contribution is 0.579. The quantitative estimate of drug-likeness (QED) is 0.470. The minimum absolute atomic E-state index is 0.892. The van der Waals surface area contributed by atoms with Gasteiger partial charge in [0, 0.05) is 53.9 Å². The van der Waals surface area contributed by atoms with E-state index in [-0.39, 0.29) is 0 Å². The molecule has 0 saturated carbocycles. The summed E-state index contributed by atoms with van der Waals surface area (Å²) < 4.78 is 1.79. The summed E-state index contributed by atoms with van der Waals surface area (Å²) in [5.74, 6) is 0. The number of aryl methyl sites for hydroxylation is 1. The summed E-state index contributed by atoms with van der Waals surface area (Å²) in [6.07, 6.45) is 9.51. The van der Waals surface area contributed by atoms with E-state index >= 15 is 0 Å². The maximum Gasteiger partial charge on any atom is 0.116 e. The van der Waals surface area contributed by atoms with Crippen LogP contribution in [0, 0.1) is 0 Å². The summed E-state index contributed by atoms with van der Waals surface area (Å²) in [6, 6.07) is 10.8. The Morgan fingerprint density at radius 1 is 0.967 bits per heavy atom. The predicted octanol–water partition coefficient (Wildman–Crippen LogP) is 4.50. The number of aromatic nitrogens is 6. The maximum atomic E-state index is 4.61. The van der Waals surface area contributed by atoms with E-state index in [0.717, 1.165) is 52.2 Å². The van der Waals surface area contributed by atoms with E-state index in [1.165, 1.54) is 30.3 Å². The fourth-order valence-corrected chi connectivity index (χ4v) is 4.51. The van der Waals surface area contributed by atoms with Gasteiger partial charge < -0.3 is 9.88 Å². The first-order valence-corrected chi connectivity index (χ1v) is 10.5. The number of nitrogens with one attached hydrogen (secondary N) is 2. The minimum Gasteiger partial charge on any atom is -0.371 e. The Morgan fingerprint density at radius 3 is 2.70 bits per heavy atom. The Labute approximate surface area is 173 Å². The van der Waals surface area contributed by atoms with Gasteiger partial charge in [-0.3, -0.25) is 14.8 Å². The third-order valence-electron chi connectivity index (χ3n) is 6.04. The van der Waals surface area contributed by atoms with E-state index in [4.69, 9.17) is 0 Å². The van der Waals surface area contributed by atoms with E-state index in [1.54, 1.807) is 4.68 Å². The SMILES string of the molecule is Cn1cc(-c2cc3c(-c4cc5c(N6CCCCC6)cccc5[nH]4)n[nH]c3cn2)cn1. The second-order valence-electron chi connectivity index (χ2n) is 8.06. The molecule has 7 heteroatoms. The largest absolute Gasteiger partial charge is 0.371 e. The average Bonchev–Trinajstić information content (AvgIpc) is 3.50. The summed E-state index contributed by atoms with van der Waals surface area (Å²) in [6.45, 7) is 2.26. The van der Waals surface area contributed by atoms with Crippen molar-refractivity contribution >= 4 is 27.5 Å². The van der Waals surface area contributed by atoms with Crippen molar-refractivity contribution in [1.29, 1.82) is 0 Å². The predicted molar refractivity (Wildman–Crippen MR) is 119 cm³/mol. The van der Waals surface area contributed by atoms with E-state index in [2.05, 4.69) is 60.5 Å². The van der Waals surface area contributed by atoms with Crippen LogP contribution in [0.3, 0.4) is 0 Å². The normalized spacial score (nSPS) is 14.8. The first-order valence-electron chi connectivity index (χ1n) is 10.5. The topological polar surface area (TPSA) is 78.4 Å². The van der Waals surface area contributed by atoms with Crippen LogP contribution in [0.15, 0.2) is 48.9 Å². The highest BCUT2D eigenvalue weighted by atomic mass is 15.2. The number of pyridine rings is 1. The summed E-state index contributed by atoms with van der Waals surface area (Å²) in [7, 11) is 1.91. The van der Waals surface area contributed by atoms with Gasteiger partial charge in [0.05, 0.1) is 29.3 Å². The molecule has 0 spiro atoms. The fourth-order valence-electron chi connectivity index (χ4n) is 4.51.